The van der Waals surface area contributed by atoms with Crippen molar-refractivity contribution in [3.63, 3.8) is 0 Å². The van der Waals surface area contributed by atoms with Gasteiger partial charge in [0.15, 0.2) is 5.96 Å². The Balaban J connectivity index is 1.56. The molecule has 1 aliphatic rings. The third kappa shape index (κ3) is 5.61. The second kappa shape index (κ2) is 8.96. The van der Waals surface area contributed by atoms with Crippen molar-refractivity contribution in [1.82, 2.24) is 15.6 Å². The summed E-state index contributed by atoms with van der Waals surface area (Å²) in [6, 6.07) is 0. The second-order valence-electron chi connectivity index (χ2n) is 4.92. The summed E-state index contributed by atoms with van der Waals surface area (Å²) in [5, 5.41) is 6.58. The molecule has 2 heterocycles. The Bertz CT molecular complexity index is 444. The molecule has 6 nitrogen and oxygen atoms in total. The van der Waals surface area contributed by atoms with E-state index in [1.54, 1.807) is 18.4 Å². The molecule has 0 aliphatic carbocycles. The first-order chi connectivity index (χ1) is 10.3. The highest BCUT2D eigenvalue weighted by Gasteiger charge is 2.15. The van der Waals surface area contributed by atoms with Gasteiger partial charge in [0.05, 0.1) is 30.5 Å². The van der Waals surface area contributed by atoms with E-state index in [1.165, 1.54) is 4.88 Å². The molecule has 0 spiro atoms. The fourth-order valence-electron chi connectivity index (χ4n) is 2.05. The third-order valence-corrected chi connectivity index (χ3v) is 4.27. The number of hydrogen-bond donors (Lipinski definition) is 2. The lowest BCUT2D eigenvalue weighted by atomic mass is 10.3. The van der Waals surface area contributed by atoms with Gasteiger partial charge in [-0.2, -0.15) is 0 Å². The number of thiazole rings is 1. The van der Waals surface area contributed by atoms with Crippen LogP contribution < -0.4 is 10.6 Å². The van der Waals surface area contributed by atoms with Crippen LogP contribution in [0.15, 0.2) is 10.5 Å². The van der Waals surface area contributed by atoms with Crippen LogP contribution in [-0.2, 0) is 16.0 Å². The summed E-state index contributed by atoms with van der Waals surface area (Å²) in [5.74, 6) is 0.812. The van der Waals surface area contributed by atoms with E-state index in [-0.39, 0.29) is 6.10 Å². The molecule has 0 aromatic carbocycles. The van der Waals surface area contributed by atoms with Gasteiger partial charge in [0.25, 0.3) is 0 Å². The zero-order chi connectivity index (χ0) is 14.9. The van der Waals surface area contributed by atoms with E-state index < -0.39 is 0 Å². The Kier molecular flexibility index (Phi) is 6.91. The van der Waals surface area contributed by atoms with Crippen molar-refractivity contribution < 1.29 is 9.47 Å². The van der Waals surface area contributed by atoms with Crippen molar-refractivity contribution >= 4 is 17.3 Å². The molecule has 21 heavy (non-hydrogen) atoms. The molecule has 118 valence electrons. The van der Waals surface area contributed by atoms with Crippen molar-refractivity contribution in [2.45, 2.75) is 32.4 Å². The highest BCUT2D eigenvalue weighted by molar-refractivity contribution is 7.09. The average molecular weight is 312 g/mol. The molecule has 1 aromatic heterocycles. The van der Waals surface area contributed by atoms with Crippen LogP contribution in [0.25, 0.3) is 0 Å². The number of rotatable bonds is 7. The van der Waals surface area contributed by atoms with E-state index in [4.69, 9.17) is 9.47 Å². The van der Waals surface area contributed by atoms with Crippen LogP contribution in [0.2, 0.25) is 0 Å². The molecule has 2 N–H and O–H groups in total. The van der Waals surface area contributed by atoms with Gasteiger partial charge in [-0.25, -0.2) is 4.98 Å². The first kappa shape index (κ1) is 16.2. The summed E-state index contributed by atoms with van der Waals surface area (Å²) in [4.78, 5) is 9.68. The smallest absolute Gasteiger partial charge is 0.191 e. The summed E-state index contributed by atoms with van der Waals surface area (Å²) < 4.78 is 11.0. The fourth-order valence-corrected chi connectivity index (χ4v) is 2.77. The Morgan fingerprint density at radius 2 is 2.48 bits per heavy atom. The van der Waals surface area contributed by atoms with Crippen LogP contribution in [-0.4, -0.2) is 50.5 Å². The lowest BCUT2D eigenvalue weighted by molar-refractivity contribution is 0.0420. The zero-order valence-electron chi connectivity index (χ0n) is 12.7. The van der Waals surface area contributed by atoms with Gasteiger partial charge < -0.3 is 20.1 Å². The Morgan fingerprint density at radius 3 is 3.14 bits per heavy atom. The minimum atomic E-state index is 0.289. The van der Waals surface area contributed by atoms with Gasteiger partial charge in [-0.1, -0.05) is 0 Å². The minimum absolute atomic E-state index is 0.289. The van der Waals surface area contributed by atoms with Crippen molar-refractivity contribution in [3.05, 3.63) is 16.1 Å². The van der Waals surface area contributed by atoms with Crippen LogP contribution in [0, 0.1) is 6.92 Å². The molecule has 0 saturated carbocycles. The maximum atomic E-state index is 5.72. The lowest BCUT2D eigenvalue weighted by Gasteiger charge is -2.13. The van der Waals surface area contributed by atoms with E-state index in [9.17, 15) is 0 Å². The normalized spacial score (nSPS) is 19.0. The first-order valence-electron chi connectivity index (χ1n) is 7.32. The molecule has 1 fully saturated rings. The van der Waals surface area contributed by atoms with E-state index in [2.05, 4.69) is 20.6 Å². The molecule has 1 atom stereocenters. The summed E-state index contributed by atoms with van der Waals surface area (Å²) >= 11 is 1.66. The molecular formula is C14H24N4O2S. The molecular weight excluding hydrogens is 288 g/mol. The van der Waals surface area contributed by atoms with Crippen molar-refractivity contribution in [3.8, 4) is 0 Å². The fraction of sp³-hybridized carbons (Fsp3) is 0.714. The van der Waals surface area contributed by atoms with Gasteiger partial charge in [0, 0.05) is 31.7 Å². The monoisotopic (exact) mass is 312 g/mol. The van der Waals surface area contributed by atoms with Crippen LogP contribution in [0.1, 0.15) is 23.4 Å². The lowest BCUT2D eigenvalue weighted by Crippen LogP contribution is -2.37. The molecule has 7 heteroatoms. The van der Waals surface area contributed by atoms with Gasteiger partial charge in [-0.15, -0.1) is 11.3 Å². The van der Waals surface area contributed by atoms with Crippen molar-refractivity contribution in [2.24, 2.45) is 4.99 Å². The number of nitrogens with one attached hydrogen (secondary N) is 2. The number of ether oxygens (including phenoxy) is 2. The summed E-state index contributed by atoms with van der Waals surface area (Å²) in [6.07, 6.45) is 2.26. The van der Waals surface area contributed by atoms with Gasteiger partial charge in [-0.05, 0) is 19.8 Å². The van der Waals surface area contributed by atoms with E-state index in [0.717, 1.165) is 57.4 Å². The molecule has 2 rings (SSSR count). The van der Waals surface area contributed by atoms with Crippen LogP contribution in [0.4, 0.5) is 0 Å². The van der Waals surface area contributed by atoms with Gasteiger partial charge >= 0.3 is 0 Å². The quantitative estimate of drug-likeness (QED) is 0.451. The topological polar surface area (TPSA) is 67.8 Å². The van der Waals surface area contributed by atoms with Gasteiger partial charge in [0.2, 0.25) is 0 Å². The van der Waals surface area contributed by atoms with Crippen molar-refractivity contribution in [1.29, 1.82) is 0 Å². The minimum Gasteiger partial charge on any atom is -0.379 e. The van der Waals surface area contributed by atoms with Gasteiger partial charge in [-0.3, -0.25) is 4.99 Å². The van der Waals surface area contributed by atoms with Gasteiger partial charge in [0.1, 0.15) is 0 Å². The highest BCUT2D eigenvalue weighted by Crippen LogP contribution is 2.11. The van der Waals surface area contributed by atoms with Crippen LogP contribution in [0.3, 0.4) is 0 Å². The Labute approximate surface area is 130 Å². The molecule has 0 radical (unpaired) electrons. The van der Waals surface area contributed by atoms with Crippen molar-refractivity contribution in [2.75, 3.05) is 33.4 Å². The second-order valence-corrected chi connectivity index (χ2v) is 5.86. The standard InChI is InChI=1S/C14H24N4O2S/c1-11-13(21-10-18-11)8-17-14(15-2)16-5-3-6-20-12-4-7-19-9-12/h10,12H,3-9H2,1-2H3,(H2,15,16,17). The molecule has 1 saturated heterocycles. The highest BCUT2D eigenvalue weighted by atomic mass is 32.1. The molecule has 0 bridgehead atoms. The SMILES string of the molecule is CN=C(NCCCOC1CCOC1)NCc1scnc1C. The number of aliphatic imine (C=N–C) groups is 1. The maximum Gasteiger partial charge on any atom is 0.191 e. The van der Waals surface area contributed by atoms with E-state index in [0.29, 0.717) is 0 Å². The van der Waals surface area contributed by atoms with E-state index in [1.807, 2.05) is 12.4 Å². The van der Waals surface area contributed by atoms with Crippen LogP contribution >= 0.6 is 11.3 Å². The summed E-state index contributed by atoms with van der Waals surface area (Å²) in [5.41, 5.74) is 2.95. The molecule has 1 unspecified atom stereocenters. The number of aromatic nitrogens is 1. The number of aryl methyl sites for hydroxylation is 1. The molecule has 1 aliphatic heterocycles. The Morgan fingerprint density at radius 1 is 1.57 bits per heavy atom. The zero-order valence-corrected chi connectivity index (χ0v) is 13.5. The number of guanidine groups is 1. The largest absolute Gasteiger partial charge is 0.379 e. The van der Waals surface area contributed by atoms with Crippen LogP contribution in [0.5, 0.6) is 0 Å². The summed E-state index contributed by atoms with van der Waals surface area (Å²) in [6.45, 7) is 5.95. The third-order valence-electron chi connectivity index (χ3n) is 3.34. The Hall–Kier alpha value is -1.18. The average Bonchev–Trinajstić information content (AvgIpc) is 3.14. The summed E-state index contributed by atoms with van der Waals surface area (Å²) in [7, 11) is 1.78. The number of nitrogens with zero attached hydrogens (tertiary/aromatic N) is 2. The number of hydrogen-bond acceptors (Lipinski definition) is 5. The predicted octanol–water partition coefficient (Wildman–Crippen LogP) is 1.31. The molecule has 0 amide bonds. The predicted molar refractivity (Wildman–Crippen MR) is 84.8 cm³/mol. The molecule has 1 aromatic rings. The first-order valence-corrected chi connectivity index (χ1v) is 8.20. The van der Waals surface area contributed by atoms with E-state index >= 15 is 0 Å². The maximum absolute atomic E-state index is 5.72.